The van der Waals surface area contributed by atoms with Crippen LogP contribution in [0.5, 0.6) is 0 Å². The SMILES string of the molecule is CC(C)(C)OC(=O)NCCCCCC(=O)NC1CCN(c2nc(C(=O)N[C@@H](CO[Si](C)(C)C(C)(C)C)C(=O)O)cs2)CC1. The molecule has 0 unspecified atom stereocenters. The highest BCUT2D eigenvalue weighted by Crippen LogP contribution is 2.36. The molecule has 2 heterocycles. The highest BCUT2D eigenvalue weighted by molar-refractivity contribution is 7.13. The Labute approximate surface area is 260 Å². The van der Waals surface area contributed by atoms with E-state index in [0.29, 0.717) is 31.2 Å². The average molecular weight is 642 g/mol. The maximum absolute atomic E-state index is 12.8. The van der Waals surface area contributed by atoms with E-state index in [4.69, 9.17) is 9.16 Å². The van der Waals surface area contributed by atoms with Gasteiger partial charge < -0.3 is 35.1 Å². The summed E-state index contributed by atoms with van der Waals surface area (Å²) >= 11 is 1.34. The van der Waals surface area contributed by atoms with Gasteiger partial charge in [0.25, 0.3) is 5.91 Å². The molecule has 0 radical (unpaired) electrons. The molecule has 0 bridgehead atoms. The molecule has 1 aliphatic rings. The number of carbonyl (C=O) groups excluding carboxylic acids is 3. The van der Waals surface area contributed by atoms with Crippen LogP contribution < -0.4 is 20.9 Å². The Morgan fingerprint density at radius 2 is 1.74 bits per heavy atom. The Morgan fingerprint density at radius 1 is 1.09 bits per heavy atom. The summed E-state index contributed by atoms with van der Waals surface area (Å²) in [5.41, 5.74) is -0.345. The van der Waals surface area contributed by atoms with Crippen molar-refractivity contribution in [3.63, 3.8) is 0 Å². The molecule has 12 nitrogen and oxygen atoms in total. The fraction of sp³-hybridized carbons (Fsp3) is 0.759. The van der Waals surface area contributed by atoms with Gasteiger partial charge in [0.15, 0.2) is 13.4 Å². The van der Waals surface area contributed by atoms with Crippen LogP contribution in [0.15, 0.2) is 5.38 Å². The van der Waals surface area contributed by atoms with E-state index >= 15 is 0 Å². The van der Waals surface area contributed by atoms with Gasteiger partial charge in [-0.1, -0.05) is 27.2 Å². The summed E-state index contributed by atoms with van der Waals surface area (Å²) in [6, 6.07) is -1.09. The number of ether oxygens (including phenoxy) is 1. The minimum atomic E-state index is -2.18. The van der Waals surface area contributed by atoms with Crippen molar-refractivity contribution in [1.29, 1.82) is 0 Å². The number of nitrogens with one attached hydrogen (secondary N) is 3. The zero-order chi connectivity index (χ0) is 32.4. The van der Waals surface area contributed by atoms with E-state index in [1.54, 1.807) is 5.38 Å². The molecule has 0 spiro atoms. The molecule has 1 aromatic rings. The van der Waals surface area contributed by atoms with Gasteiger partial charge in [-0.05, 0) is 64.6 Å². The molecule has 1 saturated heterocycles. The van der Waals surface area contributed by atoms with Crippen LogP contribution in [0.1, 0.15) is 90.6 Å². The molecule has 1 atom stereocenters. The number of hydrogen-bond donors (Lipinski definition) is 4. The van der Waals surface area contributed by atoms with Gasteiger partial charge in [-0.25, -0.2) is 14.6 Å². The minimum Gasteiger partial charge on any atom is -0.480 e. The van der Waals surface area contributed by atoms with E-state index in [1.807, 2.05) is 33.9 Å². The van der Waals surface area contributed by atoms with Gasteiger partial charge in [0, 0.05) is 37.5 Å². The van der Waals surface area contributed by atoms with E-state index in [9.17, 15) is 24.3 Å². The van der Waals surface area contributed by atoms with Crippen LogP contribution in [0.2, 0.25) is 18.1 Å². The van der Waals surface area contributed by atoms with E-state index in [0.717, 1.165) is 32.1 Å². The van der Waals surface area contributed by atoms with Crippen molar-refractivity contribution < 1.29 is 33.4 Å². The first-order valence-electron chi connectivity index (χ1n) is 15.0. The molecular formula is C29H51N5O7SSi. The molecule has 14 heteroatoms. The first kappa shape index (κ1) is 36.5. The number of anilines is 1. The molecule has 3 amide bonds. The van der Waals surface area contributed by atoms with Crippen molar-refractivity contribution in [2.24, 2.45) is 0 Å². The molecule has 43 heavy (non-hydrogen) atoms. The predicted octanol–water partition coefficient (Wildman–Crippen LogP) is 4.52. The lowest BCUT2D eigenvalue weighted by molar-refractivity contribution is -0.140. The fourth-order valence-electron chi connectivity index (χ4n) is 4.04. The molecule has 0 aliphatic carbocycles. The zero-order valence-corrected chi connectivity index (χ0v) is 28.8. The maximum atomic E-state index is 12.8. The summed E-state index contributed by atoms with van der Waals surface area (Å²) in [5, 5.41) is 20.3. The summed E-state index contributed by atoms with van der Waals surface area (Å²) in [6.45, 7) is 17.5. The second kappa shape index (κ2) is 15.8. The van der Waals surface area contributed by atoms with Crippen LogP contribution in [0.3, 0.4) is 0 Å². The van der Waals surface area contributed by atoms with Crippen molar-refractivity contribution >= 4 is 48.7 Å². The minimum absolute atomic E-state index is 0.0253. The molecule has 1 fully saturated rings. The van der Waals surface area contributed by atoms with Crippen molar-refractivity contribution in [1.82, 2.24) is 20.9 Å². The molecular weight excluding hydrogens is 591 g/mol. The third-order valence-corrected chi connectivity index (χ3v) is 13.0. The number of aromatic nitrogens is 1. The average Bonchev–Trinajstić information content (AvgIpc) is 3.37. The number of rotatable bonds is 14. The standard InChI is InChI=1S/C29H51N5O7SSi/c1-28(2,3)41-27(39)30-15-11-9-10-12-23(35)31-20-13-16-34(17-14-20)26-33-22(19-42-26)24(36)32-21(25(37)38)18-40-43(7,8)29(4,5)6/h19-21H,9-18H2,1-8H3,(H,30,39)(H,31,35)(H,32,36)(H,37,38)/t21-/m0/s1. The Morgan fingerprint density at radius 3 is 2.33 bits per heavy atom. The van der Waals surface area contributed by atoms with Crippen LogP contribution >= 0.6 is 11.3 Å². The Kier molecular flexibility index (Phi) is 13.4. The smallest absolute Gasteiger partial charge is 0.407 e. The first-order valence-corrected chi connectivity index (χ1v) is 18.8. The third-order valence-electron chi connectivity index (χ3n) is 7.62. The van der Waals surface area contributed by atoms with Crippen LogP contribution in [0.25, 0.3) is 0 Å². The summed E-state index contributed by atoms with van der Waals surface area (Å²) in [5.74, 6) is -1.67. The number of alkyl carbamates (subject to hydrolysis) is 1. The number of thiazole rings is 1. The van der Waals surface area contributed by atoms with E-state index in [1.165, 1.54) is 11.3 Å². The van der Waals surface area contributed by atoms with Crippen LogP contribution in [0.4, 0.5) is 9.93 Å². The lowest BCUT2D eigenvalue weighted by atomic mass is 10.0. The van der Waals surface area contributed by atoms with Crippen molar-refractivity contribution in [2.75, 3.05) is 31.1 Å². The number of piperidine rings is 1. The normalized spacial score (nSPS) is 15.5. The van der Waals surface area contributed by atoms with E-state index < -0.39 is 37.9 Å². The second-order valence-corrected chi connectivity index (χ2v) is 19.2. The number of unbranched alkanes of at least 4 members (excludes halogenated alkanes) is 2. The van der Waals surface area contributed by atoms with Gasteiger partial charge in [0.05, 0.1) is 6.61 Å². The highest BCUT2D eigenvalue weighted by atomic mass is 32.1. The maximum Gasteiger partial charge on any atom is 0.407 e. The lowest BCUT2D eigenvalue weighted by Gasteiger charge is -2.36. The van der Waals surface area contributed by atoms with Crippen LogP contribution in [0, 0.1) is 0 Å². The number of hydrogen-bond acceptors (Lipinski definition) is 9. The number of carboxylic acid groups (broad SMARTS) is 1. The number of carbonyl (C=O) groups is 4. The Bertz CT molecular complexity index is 1090. The Balaban J connectivity index is 1.71. The number of nitrogens with zero attached hydrogens (tertiary/aromatic N) is 2. The van der Waals surface area contributed by atoms with Crippen molar-refractivity contribution in [3.8, 4) is 0 Å². The number of aliphatic carboxylic acids is 1. The van der Waals surface area contributed by atoms with Gasteiger partial charge >= 0.3 is 12.1 Å². The molecule has 0 saturated carbocycles. The third kappa shape index (κ3) is 12.8. The monoisotopic (exact) mass is 641 g/mol. The van der Waals surface area contributed by atoms with Crippen LogP contribution in [-0.4, -0.2) is 86.2 Å². The summed E-state index contributed by atoms with van der Waals surface area (Å²) in [4.78, 5) is 55.2. The molecule has 0 aromatic carbocycles. The second-order valence-electron chi connectivity index (χ2n) is 13.5. The first-order chi connectivity index (χ1) is 19.9. The Hall–Kier alpha value is -2.71. The summed E-state index contributed by atoms with van der Waals surface area (Å²) in [7, 11) is -2.18. The lowest BCUT2D eigenvalue weighted by Crippen LogP contribution is -2.49. The molecule has 244 valence electrons. The molecule has 4 N–H and O–H groups in total. The van der Waals surface area contributed by atoms with Gasteiger partial charge in [-0.15, -0.1) is 11.3 Å². The van der Waals surface area contributed by atoms with Gasteiger partial charge in [-0.3, -0.25) is 9.59 Å². The zero-order valence-electron chi connectivity index (χ0n) is 27.0. The van der Waals surface area contributed by atoms with E-state index in [2.05, 4.69) is 46.6 Å². The largest absolute Gasteiger partial charge is 0.480 e. The summed E-state index contributed by atoms with van der Waals surface area (Å²) in [6.07, 6.45) is 3.89. The predicted molar refractivity (Wildman–Crippen MR) is 170 cm³/mol. The summed E-state index contributed by atoms with van der Waals surface area (Å²) < 4.78 is 11.2. The van der Waals surface area contributed by atoms with Crippen molar-refractivity contribution in [2.45, 2.75) is 116 Å². The molecule has 1 aromatic heterocycles. The highest BCUT2D eigenvalue weighted by Gasteiger charge is 2.38. The number of amides is 3. The van der Waals surface area contributed by atoms with Gasteiger partial charge in [-0.2, -0.15) is 0 Å². The fourth-order valence-corrected chi connectivity index (χ4v) is 5.91. The van der Waals surface area contributed by atoms with Gasteiger partial charge in [0.1, 0.15) is 17.3 Å². The molecule has 1 aliphatic heterocycles. The van der Waals surface area contributed by atoms with E-state index in [-0.39, 0.29) is 29.3 Å². The molecule has 2 rings (SSSR count). The quantitative estimate of drug-likeness (QED) is 0.169. The van der Waals surface area contributed by atoms with Crippen LogP contribution in [-0.2, 0) is 18.8 Å². The number of carboxylic acids is 1. The topological polar surface area (TPSA) is 159 Å². The van der Waals surface area contributed by atoms with Gasteiger partial charge in [0.2, 0.25) is 5.91 Å². The van der Waals surface area contributed by atoms with Crippen molar-refractivity contribution in [3.05, 3.63) is 11.1 Å².